The molecule has 0 bridgehead atoms. The van der Waals surface area contributed by atoms with Crippen molar-refractivity contribution in [1.29, 1.82) is 0 Å². The maximum Gasteiger partial charge on any atom is 0.282 e. The van der Waals surface area contributed by atoms with Gasteiger partial charge in [-0.1, -0.05) is 11.8 Å². The van der Waals surface area contributed by atoms with Crippen LogP contribution in [0.25, 0.3) is 0 Å². The summed E-state index contributed by atoms with van der Waals surface area (Å²) in [4.78, 5) is 27.4. The Hall–Kier alpha value is -0.880. The van der Waals surface area contributed by atoms with Gasteiger partial charge in [0, 0.05) is 64.5 Å². The van der Waals surface area contributed by atoms with E-state index < -0.39 is 10.2 Å². The van der Waals surface area contributed by atoms with Crippen molar-refractivity contribution < 1.29 is 22.7 Å². The molecular formula is C16H28N4O5S2. The molecule has 2 amide bonds. The number of nitrogens with zero attached hydrogens (tertiary/aromatic N) is 4. The van der Waals surface area contributed by atoms with Gasteiger partial charge < -0.3 is 14.5 Å². The second-order valence-electron chi connectivity index (χ2n) is 7.21. The first-order valence-corrected chi connectivity index (χ1v) is 11.8. The predicted octanol–water partition coefficient (Wildman–Crippen LogP) is 0.0435. The maximum atomic E-state index is 12.9. The van der Waals surface area contributed by atoms with E-state index >= 15 is 0 Å². The second-order valence-corrected chi connectivity index (χ2v) is 10.2. The zero-order chi connectivity index (χ0) is 19.6. The van der Waals surface area contributed by atoms with Crippen LogP contribution in [-0.2, 0) is 19.7 Å². The lowest BCUT2D eigenvalue weighted by molar-refractivity contribution is -0.132. The molecular weight excluding hydrogens is 392 g/mol. The first kappa shape index (κ1) is 20.8. The molecule has 0 aromatic rings. The first-order valence-electron chi connectivity index (χ1n) is 9.37. The highest BCUT2D eigenvalue weighted by Gasteiger charge is 2.37. The average molecular weight is 421 g/mol. The molecule has 11 heteroatoms. The van der Waals surface area contributed by atoms with E-state index in [2.05, 4.69) is 0 Å². The second kappa shape index (κ2) is 8.64. The fourth-order valence-corrected chi connectivity index (χ4v) is 6.27. The summed E-state index contributed by atoms with van der Waals surface area (Å²) >= 11 is 1.28. The Morgan fingerprint density at radius 3 is 2.26 bits per heavy atom. The average Bonchev–Trinajstić information content (AvgIpc) is 3.04. The van der Waals surface area contributed by atoms with Crippen molar-refractivity contribution in [3.63, 3.8) is 0 Å². The number of carbonyl (C=O) groups is 2. The lowest BCUT2D eigenvalue weighted by Crippen LogP contribution is -2.57. The van der Waals surface area contributed by atoms with E-state index in [0.29, 0.717) is 52.4 Å². The minimum absolute atomic E-state index is 0.0228. The Bertz CT molecular complexity index is 656. The number of carbonyl (C=O) groups excluding carboxylic acids is 2. The Morgan fingerprint density at radius 1 is 1.07 bits per heavy atom. The molecule has 0 saturated carbocycles. The molecule has 3 aliphatic heterocycles. The van der Waals surface area contributed by atoms with E-state index in [9.17, 15) is 18.0 Å². The van der Waals surface area contributed by atoms with E-state index in [1.54, 1.807) is 9.80 Å². The largest absolute Gasteiger partial charge is 0.373 e. The molecule has 9 nitrogen and oxygen atoms in total. The molecule has 0 N–H and O–H groups in total. The first-order chi connectivity index (χ1) is 12.8. The summed E-state index contributed by atoms with van der Waals surface area (Å²) in [6, 6.07) is 0. The van der Waals surface area contributed by atoms with Gasteiger partial charge in [-0.2, -0.15) is 17.0 Å². The quantitative estimate of drug-likeness (QED) is 0.624. The topological polar surface area (TPSA) is 90.5 Å². The van der Waals surface area contributed by atoms with Gasteiger partial charge in [-0.25, -0.2) is 0 Å². The minimum atomic E-state index is -3.54. The van der Waals surface area contributed by atoms with Crippen molar-refractivity contribution in [3.05, 3.63) is 0 Å². The van der Waals surface area contributed by atoms with Crippen LogP contribution in [-0.4, -0.2) is 108 Å². The normalized spacial score (nSPS) is 28.7. The van der Waals surface area contributed by atoms with Gasteiger partial charge in [-0.05, 0) is 13.8 Å². The zero-order valence-corrected chi connectivity index (χ0v) is 17.5. The molecule has 3 aliphatic rings. The van der Waals surface area contributed by atoms with E-state index in [1.807, 2.05) is 13.8 Å². The summed E-state index contributed by atoms with van der Waals surface area (Å²) in [7, 11) is -3.54. The number of piperazine rings is 1. The molecule has 154 valence electrons. The molecule has 0 aromatic carbocycles. The van der Waals surface area contributed by atoms with E-state index in [0.717, 1.165) is 5.75 Å². The fourth-order valence-electron chi connectivity index (χ4n) is 3.67. The highest BCUT2D eigenvalue weighted by atomic mass is 32.2. The number of hydrogen-bond donors (Lipinski definition) is 0. The van der Waals surface area contributed by atoms with Crippen LogP contribution in [0, 0.1) is 0 Å². The van der Waals surface area contributed by atoms with Crippen LogP contribution in [0.5, 0.6) is 0 Å². The Balaban J connectivity index is 1.49. The molecule has 3 rings (SSSR count). The number of rotatable bonds is 5. The highest BCUT2D eigenvalue weighted by Crippen LogP contribution is 2.20. The van der Waals surface area contributed by atoms with Gasteiger partial charge in [0.15, 0.2) is 0 Å². The molecule has 3 heterocycles. The van der Waals surface area contributed by atoms with Gasteiger partial charge in [-0.3, -0.25) is 9.59 Å². The molecule has 0 aromatic heterocycles. The summed E-state index contributed by atoms with van der Waals surface area (Å²) in [5.74, 6) is 0.757. The van der Waals surface area contributed by atoms with Gasteiger partial charge in [-0.15, -0.1) is 0 Å². The van der Waals surface area contributed by atoms with Gasteiger partial charge in [0.2, 0.25) is 5.91 Å². The molecule has 0 aliphatic carbocycles. The lowest BCUT2D eigenvalue weighted by Gasteiger charge is -2.40. The van der Waals surface area contributed by atoms with Crippen LogP contribution in [0.4, 0.5) is 4.79 Å². The lowest BCUT2D eigenvalue weighted by atomic mass is 10.3. The Morgan fingerprint density at radius 2 is 1.70 bits per heavy atom. The number of amides is 2. The zero-order valence-electron chi connectivity index (χ0n) is 15.9. The maximum absolute atomic E-state index is 12.9. The van der Waals surface area contributed by atoms with Crippen molar-refractivity contribution in [2.24, 2.45) is 0 Å². The van der Waals surface area contributed by atoms with E-state index in [-0.39, 0.29) is 29.8 Å². The van der Waals surface area contributed by atoms with Crippen LogP contribution in [0.3, 0.4) is 0 Å². The Labute approximate surface area is 165 Å². The molecule has 2 unspecified atom stereocenters. The van der Waals surface area contributed by atoms with Crippen LogP contribution >= 0.6 is 11.8 Å². The van der Waals surface area contributed by atoms with Crippen molar-refractivity contribution in [2.45, 2.75) is 32.5 Å². The molecule has 0 spiro atoms. The fraction of sp³-hybridized carbons (Fsp3) is 0.875. The molecule has 27 heavy (non-hydrogen) atoms. The van der Waals surface area contributed by atoms with Gasteiger partial charge in [0.05, 0.1) is 12.2 Å². The summed E-state index contributed by atoms with van der Waals surface area (Å²) < 4.78 is 34.3. The van der Waals surface area contributed by atoms with Crippen molar-refractivity contribution in [3.8, 4) is 0 Å². The third-order valence-corrected chi connectivity index (χ3v) is 7.93. The third-order valence-electron chi connectivity index (χ3n) is 5.07. The van der Waals surface area contributed by atoms with Crippen LogP contribution in [0.2, 0.25) is 0 Å². The van der Waals surface area contributed by atoms with Crippen molar-refractivity contribution in [2.75, 3.05) is 58.1 Å². The monoisotopic (exact) mass is 420 g/mol. The molecule has 0 radical (unpaired) electrons. The minimum Gasteiger partial charge on any atom is -0.373 e. The van der Waals surface area contributed by atoms with Gasteiger partial charge >= 0.3 is 0 Å². The highest BCUT2D eigenvalue weighted by molar-refractivity contribution is 8.13. The SMILES string of the molecule is CC1CN(S(=O)(=O)N2CCN(C(=O)CCN3CCSC3=O)CC2)CC(C)O1. The molecule has 2 atom stereocenters. The van der Waals surface area contributed by atoms with E-state index in [1.165, 1.54) is 20.4 Å². The summed E-state index contributed by atoms with van der Waals surface area (Å²) in [5.41, 5.74) is 0. The van der Waals surface area contributed by atoms with Crippen LogP contribution in [0.1, 0.15) is 20.3 Å². The summed E-state index contributed by atoms with van der Waals surface area (Å²) in [6.45, 7) is 6.95. The van der Waals surface area contributed by atoms with Crippen LogP contribution in [0.15, 0.2) is 0 Å². The standard InChI is InChI=1S/C16H28N4O5S2/c1-13-11-20(12-14(2)25-13)27(23,24)19-7-5-17(6-8-19)15(21)3-4-18-9-10-26-16(18)22/h13-14H,3-12H2,1-2H3. The summed E-state index contributed by atoms with van der Waals surface area (Å²) in [6.07, 6.45) is 0.0353. The van der Waals surface area contributed by atoms with E-state index in [4.69, 9.17) is 4.74 Å². The smallest absolute Gasteiger partial charge is 0.282 e. The number of hydrogen-bond acceptors (Lipinski definition) is 6. The van der Waals surface area contributed by atoms with Crippen molar-refractivity contribution in [1.82, 2.24) is 18.4 Å². The predicted molar refractivity (Wildman–Crippen MR) is 103 cm³/mol. The number of morpholine rings is 1. The van der Waals surface area contributed by atoms with Gasteiger partial charge in [0.25, 0.3) is 15.4 Å². The van der Waals surface area contributed by atoms with Crippen molar-refractivity contribution >= 4 is 33.1 Å². The number of ether oxygens (including phenoxy) is 1. The Kier molecular flexibility index (Phi) is 6.67. The van der Waals surface area contributed by atoms with Gasteiger partial charge in [0.1, 0.15) is 0 Å². The summed E-state index contributed by atoms with van der Waals surface area (Å²) in [5, 5.41) is 0.0349. The third kappa shape index (κ3) is 4.94. The molecule has 3 saturated heterocycles. The van der Waals surface area contributed by atoms with Crippen LogP contribution < -0.4 is 0 Å². The molecule has 3 fully saturated rings. The number of thioether (sulfide) groups is 1.